The molecule has 0 heterocycles. The zero-order valence-electron chi connectivity index (χ0n) is 4.36. The quantitative estimate of drug-likeness (QED) is 0.563. The molecule has 0 aromatic carbocycles. The Morgan fingerprint density at radius 3 is 2.12 bits per heavy atom. The van der Waals surface area contributed by atoms with Gasteiger partial charge in [-0.3, -0.25) is 0 Å². The predicted octanol–water partition coefficient (Wildman–Crippen LogP) is 2.66. The Kier molecular flexibility index (Phi) is 2.11. The molecular weight excluding hydrogens is 130 g/mol. The van der Waals surface area contributed by atoms with Crippen molar-refractivity contribution in [1.82, 2.24) is 0 Å². The van der Waals surface area contributed by atoms with Crippen molar-refractivity contribution in [2.75, 3.05) is 0 Å². The van der Waals surface area contributed by atoms with Gasteiger partial charge in [-0.05, 0) is 12.8 Å². The van der Waals surface area contributed by atoms with Crippen LogP contribution in [-0.2, 0) is 0 Å². The molecule has 1 rings (SSSR count). The smallest absolute Gasteiger partial charge is 0.198 e. The van der Waals surface area contributed by atoms with Crippen molar-refractivity contribution in [2.45, 2.75) is 25.0 Å². The van der Waals surface area contributed by atoms with Gasteiger partial charge in [0.2, 0.25) is 0 Å². The second kappa shape index (κ2) is 2.67. The first-order chi connectivity index (χ1) is 3.79. The lowest BCUT2D eigenvalue weighted by atomic mass is 10.0. The molecule has 0 unspecified atom stereocenters. The van der Waals surface area contributed by atoms with E-state index in [1.807, 2.05) is 0 Å². The summed E-state index contributed by atoms with van der Waals surface area (Å²) in [5.41, 5.74) is 0. The van der Waals surface area contributed by atoms with E-state index in [2.05, 4.69) is 0 Å². The standard InChI is InChI=1S/C5H7F2S/c6-5(7)8-4-2-1-3-4/h5H,1-3H2. The van der Waals surface area contributed by atoms with Gasteiger partial charge in [0.1, 0.15) is 0 Å². The SMILES string of the molecule is FC(F)S[C]1CCC1. The van der Waals surface area contributed by atoms with Gasteiger partial charge in [0.25, 0.3) is 5.76 Å². The van der Waals surface area contributed by atoms with Gasteiger partial charge in [-0.25, -0.2) is 0 Å². The molecule has 0 bridgehead atoms. The first kappa shape index (κ1) is 6.33. The van der Waals surface area contributed by atoms with Crippen LogP contribution in [0.4, 0.5) is 8.78 Å². The Morgan fingerprint density at radius 1 is 1.38 bits per heavy atom. The van der Waals surface area contributed by atoms with Crippen LogP contribution in [-0.4, -0.2) is 5.76 Å². The maximum absolute atomic E-state index is 11.4. The number of thioether (sulfide) groups is 1. The first-order valence-corrected chi connectivity index (χ1v) is 3.46. The molecule has 0 N–H and O–H groups in total. The lowest BCUT2D eigenvalue weighted by Crippen LogP contribution is -2.05. The topological polar surface area (TPSA) is 0 Å². The molecule has 3 heteroatoms. The summed E-state index contributed by atoms with van der Waals surface area (Å²) in [6.07, 6.45) is 2.93. The van der Waals surface area contributed by atoms with Crippen LogP contribution in [0, 0.1) is 5.25 Å². The summed E-state index contributed by atoms with van der Waals surface area (Å²) in [5.74, 6) is -2.19. The molecule has 0 saturated heterocycles. The Balaban J connectivity index is 2.01. The highest BCUT2D eigenvalue weighted by Gasteiger charge is 2.22. The van der Waals surface area contributed by atoms with Crippen molar-refractivity contribution < 1.29 is 8.78 Å². The minimum absolute atomic E-state index is 0.725. The van der Waals surface area contributed by atoms with Crippen molar-refractivity contribution in [3.63, 3.8) is 0 Å². The summed E-state index contributed by atoms with van der Waals surface area (Å²) in [7, 11) is 0. The zero-order chi connectivity index (χ0) is 5.98. The summed E-state index contributed by atoms with van der Waals surface area (Å²) in [6, 6.07) is 0. The summed E-state index contributed by atoms with van der Waals surface area (Å²) in [5, 5.41) is 0.972. The summed E-state index contributed by atoms with van der Waals surface area (Å²) in [4.78, 5) is 0. The van der Waals surface area contributed by atoms with Gasteiger partial charge in [-0.2, -0.15) is 8.78 Å². The summed E-state index contributed by atoms with van der Waals surface area (Å²) in [6.45, 7) is 0. The van der Waals surface area contributed by atoms with Gasteiger partial charge in [0, 0.05) is 5.25 Å². The van der Waals surface area contributed by atoms with E-state index in [4.69, 9.17) is 0 Å². The molecule has 0 amide bonds. The van der Waals surface area contributed by atoms with Crippen molar-refractivity contribution in [1.29, 1.82) is 0 Å². The fourth-order valence-corrected chi connectivity index (χ4v) is 1.34. The first-order valence-electron chi connectivity index (χ1n) is 2.58. The van der Waals surface area contributed by atoms with Crippen LogP contribution >= 0.6 is 11.8 Å². The Hall–Kier alpha value is 0.210. The van der Waals surface area contributed by atoms with Crippen LogP contribution in [0.3, 0.4) is 0 Å². The maximum atomic E-state index is 11.4. The van der Waals surface area contributed by atoms with Gasteiger partial charge in [-0.1, -0.05) is 18.2 Å². The molecule has 47 valence electrons. The second-order valence-corrected chi connectivity index (χ2v) is 2.94. The van der Waals surface area contributed by atoms with E-state index in [0.29, 0.717) is 0 Å². The van der Waals surface area contributed by atoms with Gasteiger partial charge in [0.15, 0.2) is 0 Å². The molecular formula is C5H7F2S. The van der Waals surface area contributed by atoms with E-state index in [1.54, 1.807) is 0 Å². The minimum Gasteiger partial charge on any atom is -0.198 e. The highest BCUT2D eigenvalue weighted by atomic mass is 32.2. The molecule has 0 atom stereocenters. The summed E-state index contributed by atoms with van der Waals surface area (Å²) < 4.78 is 22.9. The van der Waals surface area contributed by atoms with E-state index < -0.39 is 5.76 Å². The molecule has 1 fully saturated rings. The van der Waals surface area contributed by atoms with Crippen LogP contribution < -0.4 is 0 Å². The van der Waals surface area contributed by atoms with Crippen LogP contribution in [0.1, 0.15) is 19.3 Å². The normalized spacial score (nSPS) is 21.4. The van der Waals surface area contributed by atoms with Gasteiger partial charge in [-0.15, -0.1) is 0 Å². The van der Waals surface area contributed by atoms with Gasteiger partial charge >= 0.3 is 0 Å². The minimum atomic E-state index is -2.19. The average Bonchev–Trinajstić information content (AvgIpc) is 1.55. The van der Waals surface area contributed by atoms with Crippen molar-refractivity contribution in [3.05, 3.63) is 5.25 Å². The Bertz CT molecular complexity index is 70.8. The number of hydrogen-bond donors (Lipinski definition) is 0. The number of alkyl halides is 2. The second-order valence-electron chi connectivity index (χ2n) is 1.77. The molecule has 1 aliphatic carbocycles. The third kappa shape index (κ3) is 1.62. The van der Waals surface area contributed by atoms with E-state index in [1.165, 1.54) is 0 Å². The van der Waals surface area contributed by atoms with Crippen LogP contribution in [0.15, 0.2) is 0 Å². The fraction of sp³-hybridized carbons (Fsp3) is 0.800. The largest absolute Gasteiger partial charge is 0.285 e. The monoisotopic (exact) mass is 137 g/mol. The number of halogens is 2. The van der Waals surface area contributed by atoms with Crippen LogP contribution in [0.25, 0.3) is 0 Å². The van der Waals surface area contributed by atoms with Crippen molar-refractivity contribution in [3.8, 4) is 0 Å². The van der Waals surface area contributed by atoms with E-state index in [0.717, 1.165) is 36.3 Å². The maximum Gasteiger partial charge on any atom is 0.285 e. The van der Waals surface area contributed by atoms with Gasteiger partial charge in [0.05, 0.1) is 0 Å². The molecule has 1 aliphatic rings. The lowest BCUT2D eigenvalue weighted by Gasteiger charge is -2.22. The molecule has 0 spiro atoms. The summed E-state index contributed by atoms with van der Waals surface area (Å²) >= 11 is 0.725. The molecule has 0 aromatic heterocycles. The van der Waals surface area contributed by atoms with E-state index >= 15 is 0 Å². The zero-order valence-corrected chi connectivity index (χ0v) is 5.18. The average molecular weight is 137 g/mol. The Labute approximate surface area is 51.6 Å². The molecule has 0 aliphatic heterocycles. The molecule has 0 aromatic rings. The third-order valence-electron chi connectivity index (χ3n) is 1.17. The van der Waals surface area contributed by atoms with Crippen molar-refractivity contribution >= 4 is 11.8 Å². The predicted molar refractivity (Wildman–Crippen MR) is 30.7 cm³/mol. The highest BCUT2D eigenvalue weighted by molar-refractivity contribution is 8.02. The molecule has 8 heavy (non-hydrogen) atoms. The van der Waals surface area contributed by atoms with Crippen LogP contribution in [0.2, 0.25) is 0 Å². The highest BCUT2D eigenvalue weighted by Crippen LogP contribution is 2.41. The van der Waals surface area contributed by atoms with E-state index in [9.17, 15) is 8.78 Å². The molecule has 0 nitrogen and oxygen atoms in total. The third-order valence-corrected chi connectivity index (χ3v) is 2.09. The van der Waals surface area contributed by atoms with E-state index in [-0.39, 0.29) is 0 Å². The van der Waals surface area contributed by atoms with Crippen molar-refractivity contribution in [2.24, 2.45) is 0 Å². The fourth-order valence-electron chi connectivity index (χ4n) is 0.565. The number of hydrogen-bond acceptors (Lipinski definition) is 1. The molecule has 1 radical (unpaired) electrons. The van der Waals surface area contributed by atoms with Gasteiger partial charge < -0.3 is 0 Å². The number of rotatable bonds is 2. The van der Waals surface area contributed by atoms with Crippen LogP contribution in [0.5, 0.6) is 0 Å². The lowest BCUT2D eigenvalue weighted by molar-refractivity contribution is 0.251. The Morgan fingerprint density at radius 2 is 2.00 bits per heavy atom. The molecule has 1 saturated carbocycles.